The largest absolute Gasteiger partial charge is 0.497 e. The molecule has 12 heteroatoms. The van der Waals surface area contributed by atoms with E-state index in [1.807, 2.05) is 43.3 Å². The summed E-state index contributed by atoms with van der Waals surface area (Å²) in [5.41, 5.74) is 4.44. The van der Waals surface area contributed by atoms with Crippen LogP contribution in [0.1, 0.15) is 23.0 Å². The van der Waals surface area contributed by atoms with Crippen molar-refractivity contribution in [2.75, 3.05) is 13.7 Å². The topological polar surface area (TPSA) is 130 Å². The molecule has 3 N–H and O–H groups in total. The van der Waals surface area contributed by atoms with Crippen LogP contribution in [0.5, 0.6) is 11.5 Å². The van der Waals surface area contributed by atoms with Crippen LogP contribution in [0.25, 0.3) is 22.0 Å². The molecule has 1 aliphatic rings. The molecule has 5 rings (SSSR count). The quantitative estimate of drug-likeness (QED) is 0.386. The van der Waals surface area contributed by atoms with Gasteiger partial charge in [0, 0.05) is 11.3 Å². The Morgan fingerprint density at radius 3 is 2.61 bits per heavy atom. The van der Waals surface area contributed by atoms with E-state index in [0.29, 0.717) is 23.3 Å². The van der Waals surface area contributed by atoms with Crippen molar-refractivity contribution >= 4 is 16.9 Å². The van der Waals surface area contributed by atoms with Gasteiger partial charge in [0.05, 0.1) is 36.7 Å². The van der Waals surface area contributed by atoms with E-state index >= 15 is 0 Å². The van der Waals surface area contributed by atoms with Crippen LogP contribution < -0.4 is 15.0 Å². The molecule has 0 spiro atoms. The summed E-state index contributed by atoms with van der Waals surface area (Å²) in [7, 11) is 1.64. The Hall–Kier alpha value is -4.35. The number of halogens is 3. The molecule has 1 atom stereocenters. The van der Waals surface area contributed by atoms with Crippen LogP contribution in [-0.2, 0) is 11.2 Å². The van der Waals surface area contributed by atoms with Gasteiger partial charge in [-0.15, -0.1) is 0 Å². The number of alkyl halides is 3. The highest BCUT2D eigenvalue weighted by Gasteiger charge is 2.38. The first-order chi connectivity index (χ1) is 17.1. The molecular weight excluding hydrogens is 481 g/mol. The summed E-state index contributed by atoms with van der Waals surface area (Å²) >= 11 is 0. The Balaban J connectivity index is 0.000000384. The van der Waals surface area contributed by atoms with Crippen LogP contribution in [0.3, 0.4) is 0 Å². The molecule has 9 nitrogen and oxygen atoms in total. The van der Waals surface area contributed by atoms with E-state index in [4.69, 9.17) is 24.4 Å². The van der Waals surface area contributed by atoms with Crippen molar-refractivity contribution in [2.24, 2.45) is 0 Å². The molecule has 0 saturated carbocycles. The highest BCUT2D eigenvalue weighted by molar-refractivity contribution is 5.84. The van der Waals surface area contributed by atoms with Crippen molar-refractivity contribution in [2.45, 2.75) is 25.4 Å². The zero-order valence-corrected chi connectivity index (χ0v) is 19.1. The van der Waals surface area contributed by atoms with E-state index in [1.165, 1.54) is 0 Å². The number of fused-ring (bicyclic) bond motifs is 2. The number of carboxylic acids is 1. The molecule has 1 unspecified atom stereocenters. The zero-order chi connectivity index (χ0) is 26.0. The Morgan fingerprint density at radius 1 is 1.22 bits per heavy atom. The van der Waals surface area contributed by atoms with Crippen LogP contribution in [0.4, 0.5) is 13.2 Å². The molecule has 2 aromatic heterocycles. The predicted molar refractivity (Wildman–Crippen MR) is 123 cm³/mol. The lowest BCUT2D eigenvalue weighted by atomic mass is 9.95. The molecule has 3 heterocycles. The number of ether oxygens (including phenoxy) is 2. The zero-order valence-electron chi connectivity index (χ0n) is 19.1. The highest BCUT2D eigenvalue weighted by Crippen LogP contribution is 2.34. The molecule has 0 bridgehead atoms. The van der Waals surface area contributed by atoms with Crippen LogP contribution in [0.2, 0.25) is 0 Å². The fourth-order valence-electron chi connectivity index (χ4n) is 3.83. The van der Waals surface area contributed by atoms with Gasteiger partial charge in [-0.2, -0.15) is 18.3 Å². The van der Waals surface area contributed by atoms with E-state index in [2.05, 4.69) is 15.2 Å². The van der Waals surface area contributed by atoms with Gasteiger partial charge in [0.1, 0.15) is 17.3 Å². The number of rotatable bonds is 3. The van der Waals surface area contributed by atoms with Crippen molar-refractivity contribution in [3.8, 4) is 22.6 Å². The third kappa shape index (κ3) is 5.16. The average Bonchev–Trinajstić information content (AvgIpc) is 3.28. The first-order valence-electron chi connectivity index (χ1n) is 10.7. The number of aromatic amines is 2. The molecule has 0 amide bonds. The lowest BCUT2D eigenvalue weighted by Crippen LogP contribution is -2.24. The van der Waals surface area contributed by atoms with Gasteiger partial charge in [-0.3, -0.25) is 9.89 Å². The molecule has 2 aromatic carbocycles. The van der Waals surface area contributed by atoms with Gasteiger partial charge < -0.3 is 19.6 Å². The molecular formula is C24H21F3N4O5. The van der Waals surface area contributed by atoms with Gasteiger partial charge in [0.25, 0.3) is 5.56 Å². The smallest absolute Gasteiger partial charge is 0.490 e. The van der Waals surface area contributed by atoms with E-state index in [-0.39, 0.29) is 11.5 Å². The number of aryl methyl sites for hydroxylation is 1. The van der Waals surface area contributed by atoms with Crippen molar-refractivity contribution in [1.82, 2.24) is 20.2 Å². The van der Waals surface area contributed by atoms with Crippen LogP contribution in [0.15, 0.2) is 47.4 Å². The number of hydrogen-bond acceptors (Lipinski definition) is 6. The second-order valence-corrected chi connectivity index (χ2v) is 8.08. The van der Waals surface area contributed by atoms with Crippen molar-refractivity contribution in [1.29, 1.82) is 0 Å². The van der Waals surface area contributed by atoms with Gasteiger partial charge in [-0.25, -0.2) is 9.78 Å². The van der Waals surface area contributed by atoms with Crippen molar-refractivity contribution in [3.05, 3.63) is 70.0 Å². The number of methoxy groups -OCH3 is 1. The first kappa shape index (κ1) is 24.8. The van der Waals surface area contributed by atoms with Crippen molar-refractivity contribution in [3.63, 3.8) is 0 Å². The Morgan fingerprint density at radius 2 is 1.97 bits per heavy atom. The van der Waals surface area contributed by atoms with Crippen molar-refractivity contribution < 1.29 is 32.5 Å². The van der Waals surface area contributed by atoms with E-state index < -0.39 is 12.1 Å². The normalized spacial score (nSPS) is 14.9. The van der Waals surface area contributed by atoms with Gasteiger partial charge in [-0.1, -0.05) is 6.07 Å². The maximum Gasteiger partial charge on any atom is 0.490 e. The van der Waals surface area contributed by atoms with E-state index in [1.54, 1.807) is 13.3 Å². The number of aliphatic carboxylic acids is 1. The molecule has 0 saturated heterocycles. The third-order valence-electron chi connectivity index (χ3n) is 5.67. The number of carboxylic acid groups (broad SMARTS) is 1. The Labute approximate surface area is 201 Å². The summed E-state index contributed by atoms with van der Waals surface area (Å²) in [5.74, 6) is -0.501. The SMILES string of the molecule is COc1ccc2c(c1)CC(c1nc3ccc(-c4cn[nH]c4C)cc3c(=O)[nH]1)CO2.O=C(O)C(F)(F)F. The number of nitrogens with one attached hydrogen (secondary N) is 2. The fourth-order valence-corrected chi connectivity index (χ4v) is 3.83. The molecule has 0 aliphatic carbocycles. The molecule has 36 heavy (non-hydrogen) atoms. The average molecular weight is 502 g/mol. The lowest BCUT2D eigenvalue weighted by molar-refractivity contribution is -0.192. The van der Waals surface area contributed by atoms with Gasteiger partial charge in [0.15, 0.2) is 0 Å². The number of carbonyl (C=O) groups is 1. The highest BCUT2D eigenvalue weighted by atomic mass is 19.4. The molecule has 188 valence electrons. The summed E-state index contributed by atoms with van der Waals surface area (Å²) in [5, 5.41) is 14.7. The fraction of sp³-hybridized carbons (Fsp3) is 0.250. The summed E-state index contributed by atoms with van der Waals surface area (Å²) < 4.78 is 42.9. The van der Waals surface area contributed by atoms with E-state index in [0.717, 1.165) is 40.3 Å². The van der Waals surface area contributed by atoms with Gasteiger partial charge in [-0.05, 0) is 54.8 Å². The van der Waals surface area contributed by atoms with Crippen LogP contribution >= 0.6 is 0 Å². The second kappa shape index (κ2) is 9.72. The first-order valence-corrected chi connectivity index (χ1v) is 10.7. The molecule has 1 aliphatic heterocycles. The second-order valence-electron chi connectivity index (χ2n) is 8.08. The standard InChI is InChI=1S/C22H20N4O3.C2HF3O2/c1-12-18(10-23-26-12)13-3-5-19-17(9-13)22(27)25-21(24-19)15-7-14-8-16(28-2)4-6-20(14)29-11-15;3-2(4,5)1(6)7/h3-6,8-10,15H,7,11H2,1-2H3,(H,23,26)(H,24,25,27);(H,6,7). The van der Waals surface area contributed by atoms with E-state index in [9.17, 15) is 18.0 Å². The summed E-state index contributed by atoms with van der Waals surface area (Å²) in [6.07, 6.45) is -2.59. The number of H-pyrrole nitrogens is 2. The maximum absolute atomic E-state index is 12.8. The molecule has 0 fully saturated rings. The Kier molecular flexibility index (Phi) is 6.69. The van der Waals surface area contributed by atoms with Gasteiger partial charge in [0.2, 0.25) is 0 Å². The number of aromatic nitrogens is 4. The molecule has 4 aromatic rings. The summed E-state index contributed by atoms with van der Waals surface area (Å²) in [4.78, 5) is 29.4. The Bertz CT molecular complexity index is 1480. The number of benzene rings is 2. The van der Waals surface area contributed by atoms with Crippen LogP contribution in [0, 0.1) is 6.92 Å². The third-order valence-corrected chi connectivity index (χ3v) is 5.67. The lowest BCUT2D eigenvalue weighted by Gasteiger charge is -2.25. The summed E-state index contributed by atoms with van der Waals surface area (Å²) in [6, 6.07) is 11.5. The maximum atomic E-state index is 12.8. The minimum absolute atomic E-state index is 0.0255. The monoisotopic (exact) mass is 502 g/mol. The van der Waals surface area contributed by atoms with Crippen LogP contribution in [-0.4, -0.2) is 51.1 Å². The summed E-state index contributed by atoms with van der Waals surface area (Å²) in [6.45, 7) is 2.42. The minimum Gasteiger partial charge on any atom is -0.497 e. The van der Waals surface area contributed by atoms with Gasteiger partial charge >= 0.3 is 12.1 Å². The molecule has 0 radical (unpaired) electrons. The predicted octanol–water partition coefficient (Wildman–Crippen LogP) is 3.98. The number of nitrogens with zero attached hydrogens (tertiary/aromatic N) is 2. The number of hydrogen-bond donors (Lipinski definition) is 3. The minimum atomic E-state index is -5.08.